The van der Waals surface area contributed by atoms with Crippen molar-refractivity contribution >= 4 is 5.91 Å². The summed E-state index contributed by atoms with van der Waals surface area (Å²) in [6.07, 6.45) is 0. The van der Waals surface area contributed by atoms with Crippen LogP contribution >= 0.6 is 0 Å². The quantitative estimate of drug-likeness (QED) is 0.947. The summed E-state index contributed by atoms with van der Waals surface area (Å²) in [7, 11) is 0. The molecule has 0 unspecified atom stereocenters. The predicted molar refractivity (Wildman–Crippen MR) is 86.3 cm³/mol. The summed E-state index contributed by atoms with van der Waals surface area (Å²) >= 11 is 0. The second-order valence-corrected chi connectivity index (χ2v) is 5.49. The molecule has 1 saturated heterocycles. The SMILES string of the molecule is C[C@H]1CNCCN1C(=O)c1ccc(Oc2ccccc2)cc1. The lowest BCUT2D eigenvalue weighted by Gasteiger charge is -2.34. The molecule has 1 aliphatic rings. The number of rotatable bonds is 3. The maximum atomic E-state index is 12.5. The van der Waals surface area contributed by atoms with Crippen LogP contribution in [0.2, 0.25) is 0 Å². The van der Waals surface area contributed by atoms with Crippen LogP contribution in [0.1, 0.15) is 17.3 Å². The van der Waals surface area contributed by atoms with Crippen LogP contribution < -0.4 is 10.1 Å². The zero-order chi connectivity index (χ0) is 15.4. The molecule has 2 aromatic carbocycles. The first-order chi connectivity index (χ1) is 10.7. The number of nitrogens with zero attached hydrogens (tertiary/aromatic N) is 1. The number of carbonyl (C=O) groups is 1. The Morgan fingerprint density at radius 2 is 1.77 bits per heavy atom. The Morgan fingerprint density at radius 3 is 2.45 bits per heavy atom. The summed E-state index contributed by atoms with van der Waals surface area (Å²) in [6, 6.07) is 17.2. The van der Waals surface area contributed by atoms with Gasteiger partial charge in [-0.25, -0.2) is 0 Å². The van der Waals surface area contributed by atoms with E-state index >= 15 is 0 Å². The van der Waals surface area contributed by atoms with E-state index in [1.807, 2.05) is 59.5 Å². The highest BCUT2D eigenvalue weighted by atomic mass is 16.5. The highest BCUT2D eigenvalue weighted by Crippen LogP contribution is 2.22. The van der Waals surface area contributed by atoms with Crippen molar-refractivity contribution < 1.29 is 9.53 Å². The van der Waals surface area contributed by atoms with Crippen molar-refractivity contribution in [1.82, 2.24) is 10.2 Å². The molecule has 0 aliphatic carbocycles. The van der Waals surface area contributed by atoms with Crippen LogP contribution in [0, 0.1) is 0 Å². The molecule has 3 rings (SSSR count). The van der Waals surface area contributed by atoms with Crippen LogP contribution in [0.15, 0.2) is 54.6 Å². The van der Waals surface area contributed by atoms with Gasteiger partial charge in [0.25, 0.3) is 5.91 Å². The van der Waals surface area contributed by atoms with Gasteiger partial charge in [0.05, 0.1) is 0 Å². The summed E-state index contributed by atoms with van der Waals surface area (Å²) < 4.78 is 5.74. The van der Waals surface area contributed by atoms with Crippen LogP contribution in [0.3, 0.4) is 0 Å². The van der Waals surface area contributed by atoms with E-state index in [0.29, 0.717) is 5.56 Å². The first-order valence-corrected chi connectivity index (χ1v) is 7.59. The Morgan fingerprint density at radius 1 is 1.09 bits per heavy atom. The van der Waals surface area contributed by atoms with Crippen LogP contribution in [-0.4, -0.2) is 36.5 Å². The Balaban J connectivity index is 1.69. The molecule has 0 bridgehead atoms. The molecule has 1 N–H and O–H groups in total. The maximum absolute atomic E-state index is 12.5. The molecule has 4 nitrogen and oxygen atoms in total. The van der Waals surface area contributed by atoms with Gasteiger partial charge in [0.15, 0.2) is 0 Å². The lowest BCUT2D eigenvalue weighted by atomic mass is 10.1. The third kappa shape index (κ3) is 3.28. The number of ether oxygens (including phenoxy) is 1. The van der Waals surface area contributed by atoms with Gasteiger partial charge in [-0.05, 0) is 43.3 Å². The summed E-state index contributed by atoms with van der Waals surface area (Å²) in [6.45, 7) is 4.52. The normalized spacial score (nSPS) is 18.0. The molecule has 1 fully saturated rings. The summed E-state index contributed by atoms with van der Waals surface area (Å²) in [5.41, 5.74) is 0.703. The van der Waals surface area contributed by atoms with Gasteiger partial charge in [-0.2, -0.15) is 0 Å². The van der Waals surface area contributed by atoms with Crippen molar-refractivity contribution in [2.24, 2.45) is 0 Å². The minimum Gasteiger partial charge on any atom is -0.457 e. The van der Waals surface area contributed by atoms with Gasteiger partial charge in [0.1, 0.15) is 11.5 Å². The molecule has 0 aromatic heterocycles. The zero-order valence-corrected chi connectivity index (χ0v) is 12.7. The molecule has 1 amide bonds. The second-order valence-electron chi connectivity index (χ2n) is 5.49. The van der Waals surface area contributed by atoms with Crippen LogP contribution in [0.4, 0.5) is 0 Å². The fourth-order valence-corrected chi connectivity index (χ4v) is 2.60. The fraction of sp³-hybridized carbons (Fsp3) is 0.278. The molecule has 0 saturated carbocycles. The molecule has 0 spiro atoms. The highest BCUT2D eigenvalue weighted by molar-refractivity contribution is 5.94. The number of para-hydroxylation sites is 1. The fourth-order valence-electron chi connectivity index (χ4n) is 2.60. The van der Waals surface area contributed by atoms with E-state index in [0.717, 1.165) is 31.1 Å². The van der Waals surface area contributed by atoms with E-state index in [1.54, 1.807) is 0 Å². The monoisotopic (exact) mass is 296 g/mol. The Labute approximate surface area is 130 Å². The average Bonchev–Trinajstić information content (AvgIpc) is 2.56. The first kappa shape index (κ1) is 14.6. The molecular weight excluding hydrogens is 276 g/mol. The number of benzene rings is 2. The molecule has 114 valence electrons. The maximum Gasteiger partial charge on any atom is 0.254 e. The highest BCUT2D eigenvalue weighted by Gasteiger charge is 2.23. The Hall–Kier alpha value is -2.33. The molecule has 4 heteroatoms. The van der Waals surface area contributed by atoms with Crippen molar-refractivity contribution in [3.8, 4) is 11.5 Å². The number of hydrogen-bond donors (Lipinski definition) is 1. The van der Waals surface area contributed by atoms with E-state index in [2.05, 4.69) is 12.2 Å². The van der Waals surface area contributed by atoms with Gasteiger partial charge in [-0.3, -0.25) is 4.79 Å². The standard InChI is InChI=1S/C18H20N2O2/c1-14-13-19-11-12-20(14)18(21)15-7-9-17(10-8-15)22-16-5-3-2-4-6-16/h2-10,14,19H,11-13H2,1H3/t14-/m0/s1. The van der Waals surface area contributed by atoms with E-state index in [9.17, 15) is 4.79 Å². The van der Waals surface area contributed by atoms with Gasteiger partial charge in [-0.1, -0.05) is 18.2 Å². The smallest absolute Gasteiger partial charge is 0.254 e. The van der Waals surface area contributed by atoms with Crippen molar-refractivity contribution in [3.63, 3.8) is 0 Å². The largest absolute Gasteiger partial charge is 0.457 e. The molecule has 22 heavy (non-hydrogen) atoms. The Bertz CT molecular complexity index is 625. The summed E-state index contributed by atoms with van der Waals surface area (Å²) in [5, 5.41) is 3.29. The van der Waals surface area contributed by atoms with E-state index in [-0.39, 0.29) is 11.9 Å². The number of carbonyl (C=O) groups excluding carboxylic acids is 1. The third-order valence-corrected chi connectivity index (χ3v) is 3.84. The number of amides is 1. The molecule has 1 aliphatic heterocycles. The lowest BCUT2D eigenvalue weighted by Crippen LogP contribution is -2.52. The van der Waals surface area contributed by atoms with Crippen molar-refractivity contribution in [3.05, 3.63) is 60.2 Å². The minimum absolute atomic E-state index is 0.0836. The second kappa shape index (κ2) is 6.62. The van der Waals surface area contributed by atoms with Gasteiger partial charge < -0.3 is 15.0 Å². The summed E-state index contributed by atoms with van der Waals surface area (Å²) in [4.78, 5) is 14.5. The van der Waals surface area contributed by atoms with Crippen LogP contribution in [0.25, 0.3) is 0 Å². The summed E-state index contributed by atoms with van der Waals surface area (Å²) in [5.74, 6) is 1.61. The number of nitrogens with one attached hydrogen (secondary N) is 1. The Kier molecular flexibility index (Phi) is 4.39. The van der Waals surface area contributed by atoms with Crippen LogP contribution in [-0.2, 0) is 0 Å². The first-order valence-electron chi connectivity index (χ1n) is 7.59. The molecule has 0 radical (unpaired) electrons. The van der Waals surface area contributed by atoms with Gasteiger partial charge in [0.2, 0.25) is 0 Å². The lowest BCUT2D eigenvalue weighted by molar-refractivity contribution is 0.0656. The minimum atomic E-state index is 0.0836. The predicted octanol–water partition coefficient (Wildman–Crippen LogP) is 2.91. The van der Waals surface area contributed by atoms with Gasteiger partial charge >= 0.3 is 0 Å². The molecule has 1 heterocycles. The van der Waals surface area contributed by atoms with Crippen molar-refractivity contribution in [2.75, 3.05) is 19.6 Å². The van der Waals surface area contributed by atoms with E-state index in [1.165, 1.54) is 0 Å². The molecule has 1 atom stereocenters. The number of hydrogen-bond acceptors (Lipinski definition) is 3. The molecular formula is C18H20N2O2. The van der Waals surface area contributed by atoms with Crippen molar-refractivity contribution in [1.29, 1.82) is 0 Å². The average molecular weight is 296 g/mol. The zero-order valence-electron chi connectivity index (χ0n) is 12.7. The van der Waals surface area contributed by atoms with Crippen molar-refractivity contribution in [2.45, 2.75) is 13.0 Å². The van der Waals surface area contributed by atoms with Gasteiger partial charge in [0, 0.05) is 31.2 Å². The van der Waals surface area contributed by atoms with E-state index in [4.69, 9.17) is 4.74 Å². The third-order valence-electron chi connectivity index (χ3n) is 3.84. The van der Waals surface area contributed by atoms with Crippen LogP contribution in [0.5, 0.6) is 11.5 Å². The van der Waals surface area contributed by atoms with Gasteiger partial charge in [-0.15, -0.1) is 0 Å². The number of piperazine rings is 1. The van der Waals surface area contributed by atoms with E-state index < -0.39 is 0 Å². The molecule has 2 aromatic rings. The topological polar surface area (TPSA) is 41.6 Å².